The van der Waals surface area contributed by atoms with E-state index in [1.54, 1.807) is 23.1 Å². The third-order valence-electron chi connectivity index (χ3n) is 3.58. The van der Waals surface area contributed by atoms with Crippen LogP contribution in [0.4, 0.5) is 5.69 Å². The maximum Gasteiger partial charge on any atom is 0.265 e. The normalized spacial score (nSPS) is 13.6. The summed E-state index contributed by atoms with van der Waals surface area (Å²) < 4.78 is 5.45. The molecule has 3 rings (SSSR count). The maximum atomic E-state index is 12.4. The highest BCUT2D eigenvalue weighted by molar-refractivity contribution is 7.99. The van der Waals surface area contributed by atoms with E-state index < -0.39 is 0 Å². The number of anilines is 1. The molecule has 1 aromatic carbocycles. The molecule has 0 aliphatic carbocycles. The van der Waals surface area contributed by atoms with Crippen molar-refractivity contribution in [2.45, 2.75) is 25.4 Å². The Hall–Kier alpha value is -2.35. The molecular formula is C16H18N4O3S. The second kappa shape index (κ2) is 7.04. The summed E-state index contributed by atoms with van der Waals surface area (Å²) in [5.41, 5.74) is 1.21. The number of aryl methyl sites for hydroxylation is 1. The number of hydrogen-bond acceptors (Lipinski definition) is 6. The molecule has 0 unspecified atom stereocenters. The average Bonchev–Trinajstić information content (AvgIpc) is 3.00. The smallest absolute Gasteiger partial charge is 0.265 e. The molecule has 1 aliphatic heterocycles. The number of rotatable bonds is 6. The second-order valence-corrected chi connectivity index (χ2v) is 6.37. The zero-order chi connectivity index (χ0) is 17.1. The van der Waals surface area contributed by atoms with E-state index in [2.05, 4.69) is 15.2 Å². The Labute approximate surface area is 143 Å². The number of nitrogens with zero attached hydrogens (tertiary/aromatic N) is 3. The van der Waals surface area contributed by atoms with Crippen molar-refractivity contribution in [3.05, 3.63) is 29.6 Å². The van der Waals surface area contributed by atoms with Gasteiger partial charge in [-0.05, 0) is 31.5 Å². The van der Waals surface area contributed by atoms with Gasteiger partial charge in [0.05, 0.1) is 11.4 Å². The van der Waals surface area contributed by atoms with Crippen molar-refractivity contribution < 1.29 is 14.3 Å². The number of hydrogen-bond donors (Lipinski definition) is 1. The number of aromatic nitrogens is 3. The van der Waals surface area contributed by atoms with Crippen LogP contribution in [-0.4, -0.2) is 45.8 Å². The van der Waals surface area contributed by atoms with Crippen LogP contribution in [0.25, 0.3) is 0 Å². The number of aromatic amines is 1. The minimum atomic E-state index is -0.0838. The van der Waals surface area contributed by atoms with Crippen LogP contribution in [0.3, 0.4) is 0 Å². The summed E-state index contributed by atoms with van der Waals surface area (Å²) in [5.74, 6) is 1.46. The highest BCUT2D eigenvalue weighted by atomic mass is 32.2. The highest BCUT2D eigenvalue weighted by Gasteiger charge is 2.25. The number of thioether (sulfide) groups is 1. The quantitative estimate of drug-likeness (QED) is 0.637. The minimum Gasteiger partial charge on any atom is -0.482 e. The lowest BCUT2D eigenvalue weighted by molar-refractivity contribution is -0.121. The number of ether oxygens (including phenoxy) is 1. The average molecular weight is 346 g/mol. The van der Waals surface area contributed by atoms with Crippen LogP contribution in [-0.2, 0) is 4.79 Å². The van der Waals surface area contributed by atoms with Crippen molar-refractivity contribution >= 4 is 29.1 Å². The first kappa shape index (κ1) is 16.5. The van der Waals surface area contributed by atoms with E-state index in [0.29, 0.717) is 34.5 Å². The van der Waals surface area contributed by atoms with Gasteiger partial charge in [0.2, 0.25) is 5.16 Å². The van der Waals surface area contributed by atoms with Gasteiger partial charge in [0.25, 0.3) is 5.91 Å². The molecule has 0 bridgehead atoms. The van der Waals surface area contributed by atoms with E-state index in [4.69, 9.17) is 4.74 Å². The number of benzene rings is 1. The van der Waals surface area contributed by atoms with E-state index >= 15 is 0 Å². The van der Waals surface area contributed by atoms with Crippen LogP contribution < -0.4 is 9.64 Å². The van der Waals surface area contributed by atoms with Crippen molar-refractivity contribution in [1.82, 2.24) is 15.2 Å². The molecule has 24 heavy (non-hydrogen) atoms. The van der Waals surface area contributed by atoms with E-state index in [9.17, 15) is 9.59 Å². The fourth-order valence-electron chi connectivity index (χ4n) is 2.44. The predicted molar refractivity (Wildman–Crippen MR) is 90.8 cm³/mol. The number of Topliss-reactive ketones (excluding diaryl/α,β-unsaturated/α-hetero) is 1. The molecule has 0 atom stereocenters. The molecule has 7 nitrogen and oxygen atoms in total. The number of H-pyrrole nitrogens is 1. The summed E-state index contributed by atoms with van der Waals surface area (Å²) in [6, 6.07) is 5.21. The zero-order valence-electron chi connectivity index (χ0n) is 13.5. The number of amides is 1. The monoisotopic (exact) mass is 346 g/mol. The molecule has 126 valence electrons. The lowest BCUT2D eigenvalue weighted by Crippen LogP contribution is -2.39. The number of ketones is 1. The highest BCUT2D eigenvalue weighted by Crippen LogP contribution is 2.33. The lowest BCUT2D eigenvalue weighted by atomic mass is 10.1. The summed E-state index contributed by atoms with van der Waals surface area (Å²) in [6.45, 7) is 4.47. The van der Waals surface area contributed by atoms with Gasteiger partial charge in [0.1, 0.15) is 11.6 Å². The Kier molecular flexibility index (Phi) is 4.84. The van der Waals surface area contributed by atoms with Crippen molar-refractivity contribution in [3.8, 4) is 5.75 Å². The Morgan fingerprint density at radius 1 is 1.46 bits per heavy atom. The van der Waals surface area contributed by atoms with Crippen LogP contribution in [0, 0.1) is 6.92 Å². The van der Waals surface area contributed by atoms with Gasteiger partial charge in [-0.25, -0.2) is 4.98 Å². The van der Waals surface area contributed by atoms with Crippen LogP contribution in [0.15, 0.2) is 23.4 Å². The third-order valence-corrected chi connectivity index (χ3v) is 4.43. The van der Waals surface area contributed by atoms with Gasteiger partial charge in [-0.2, -0.15) is 0 Å². The Balaban J connectivity index is 1.76. The van der Waals surface area contributed by atoms with E-state index in [-0.39, 0.29) is 24.1 Å². The Morgan fingerprint density at radius 3 is 3.00 bits per heavy atom. The van der Waals surface area contributed by atoms with Gasteiger partial charge in [0, 0.05) is 12.1 Å². The third kappa shape index (κ3) is 3.43. The second-order valence-electron chi connectivity index (χ2n) is 5.43. The van der Waals surface area contributed by atoms with Gasteiger partial charge < -0.3 is 9.64 Å². The van der Waals surface area contributed by atoms with E-state index in [1.165, 1.54) is 11.8 Å². The molecule has 2 aromatic rings. The molecular weight excluding hydrogens is 328 g/mol. The predicted octanol–water partition coefficient (Wildman–Crippen LogP) is 2.22. The van der Waals surface area contributed by atoms with Gasteiger partial charge in [-0.15, -0.1) is 5.10 Å². The Bertz CT molecular complexity index is 774. The van der Waals surface area contributed by atoms with E-state index in [1.807, 2.05) is 13.8 Å². The molecule has 0 fully saturated rings. The number of carbonyl (C=O) groups excluding carboxylic acids is 2. The molecule has 8 heteroatoms. The summed E-state index contributed by atoms with van der Waals surface area (Å²) in [5, 5.41) is 7.29. The molecule has 0 radical (unpaired) electrons. The lowest BCUT2D eigenvalue weighted by Gasteiger charge is -2.29. The zero-order valence-corrected chi connectivity index (χ0v) is 14.4. The van der Waals surface area contributed by atoms with Gasteiger partial charge >= 0.3 is 0 Å². The van der Waals surface area contributed by atoms with Crippen molar-refractivity contribution in [2.24, 2.45) is 0 Å². The Morgan fingerprint density at radius 2 is 2.29 bits per heavy atom. The summed E-state index contributed by atoms with van der Waals surface area (Å²) in [7, 11) is 0. The summed E-state index contributed by atoms with van der Waals surface area (Å²) in [6.07, 6.45) is 0.837. The number of carbonyl (C=O) groups is 2. The molecule has 0 saturated heterocycles. The van der Waals surface area contributed by atoms with Gasteiger partial charge in [0.15, 0.2) is 12.4 Å². The summed E-state index contributed by atoms with van der Waals surface area (Å²) in [4.78, 5) is 30.3. The number of nitrogens with one attached hydrogen (secondary N) is 1. The fourth-order valence-corrected chi connectivity index (χ4v) is 3.18. The van der Waals surface area contributed by atoms with Crippen LogP contribution in [0.2, 0.25) is 0 Å². The van der Waals surface area contributed by atoms with Crippen molar-refractivity contribution in [1.29, 1.82) is 0 Å². The van der Waals surface area contributed by atoms with E-state index in [0.717, 1.165) is 6.42 Å². The molecule has 0 spiro atoms. The molecule has 2 heterocycles. The van der Waals surface area contributed by atoms with Gasteiger partial charge in [-0.1, -0.05) is 18.7 Å². The maximum absolute atomic E-state index is 12.4. The topological polar surface area (TPSA) is 88.2 Å². The molecule has 1 aromatic heterocycles. The molecule has 0 saturated carbocycles. The SMILES string of the molecule is CCCN1C(=O)COc2ccc(C(=O)CSc3n[nH]c(C)n3)cc21. The van der Waals surface area contributed by atoms with Crippen molar-refractivity contribution in [2.75, 3.05) is 23.8 Å². The minimum absolute atomic E-state index is 0.0419. The number of fused-ring (bicyclic) bond motifs is 1. The first-order valence-corrected chi connectivity index (χ1v) is 8.69. The standard InChI is InChI=1S/C16H18N4O3S/c1-3-6-20-12-7-11(4-5-14(12)23-8-15(20)22)13(21)9-24-16-17-10(2)18-19-16/h4-5,7H,3,6,8-9H2,1-2H3,(H,17,18,19). The van der Waals surface area contributed by atoms with Crippen molar-refractivity contribution in [3.63, 3.8) is 0 Å². The molecule has 1 aliphatic rings. The van der Waals surface area contributed by atoms with Crippen LogP contribution in [0.5, 0.6) is 5.75 Å². The first-order chi connectivity index (χ1) is 11.6. The largest absolute Gasteiger partial charge is 0.482 e. The first-order valence-electron chi connectivity index (χ1n) is 7.70. The molecule has 1 amide bonds. The fraction of sp³-hybridized carbons (Fsp3) is 0.375. The van der Waals surface area contributed by atoms with Gasteiger partial charge in [-0.3, -0.25) is 14.7 Å². The molecule has 1 N–H and O–H groups in total. The summed E-state index contributed by atoms with van der Waals surface area (Å²) >= 11 is 1.28. The van der Waals surface area contributed by atoms with Crippen LogP contribution in [0.1, 0.15) is 29.5 Å². The van der Waals surface area contributed by atoms with Crippen LogP contribution >= 0.6 is 11.8 Å².